The Labute approximate surface area is 160 Å². The lowest BCUT2D eigenvalue weighted by Crippen LogP contribution is -2.16. The van der Waals surface area contributed by atoms with Crippen LogP contribution in [0.25, 0.3) is 11.4 Å². The Bertz CT molecular complexity index is 961. The lowest BCUT2D eigenvalue weighted by molar-refractivity contribution is -0.137. The minimum atomic E-state index is -4.46. The van der Waals surface area contributed by atoms with E-state index in [4.69, 9.17) is 0 Å². The third-order valence-electron chi connectivity index (χ3n) is 4.37. The van der Waals surface area contributed by atoms with Gasteiger partial charge in [0.05, 0.1) is 11.7 Å². The van der Waals surface area contributed by atoms with E-state index in [1.807, 2.05) is 19.9 Å². The van der Waals surface area contributed by atoms with Crippen molar-refractivity contribution in [3.8, 4) is 11.4 Å². The van der Waals surface area contributed by atoms with Crippen LogP contribution in [-0.4, -0.2) is 26.6 Å². The van der Waals surface area contributed by atoms with Crippen molar-refractivity contribution in [1.82, 2.24) is 15.0 Å². The molecule has 8 heteroatoms. The van der Waals surface area contributed by atoms with E-state index in [1.54, 1.807) is 18.5 Å². The van der Waals surface area contributed by atoms with Gasteiger partial charge in [-0.05, 0) is 43.7 Å². The maximum absolute atomic E-state index is 12.9. The van der Waals surface area contributed by atoms with E-state index in [2.05, 4.69) is 20.3 Å². The molecule has 1 aromatic carbocycles. The van der Waals surface area contributed by atoms with E-state index >= 15 is 0 Å². The summed E-state index contributed by atoms with van der Waals surface area (Å²) in [6.45, 7) is 3.68. The molecule has 0 saturated heterocycles. The topological polar surface area (TPSA) is 70.9 Å². The minimum absolute atomic E-state index is 0.00504. The van der Waals surface area contributed by atoms with Gasteiger partial charge in [-0.25, -0.2) is 9.97 Å². The fourth-order valence-electron chi connectivity index (χ4n) is 2.66. The second-order valence-corrected chi connectivity index (χ2v) is 6.37. The predicted octanol–water partition coefficient (Wildman–Crippen LogP) is 4.32. The number of alkyl halides is 3. The van der Waals surface area contributed by atoms with Gasteiger partial charge in [0.15, 0.2) is 5.82 Å². The molecule has 0 amide bonds. The SMILES string of the molecule is Cc1nc(-c2cccnc2)nc(NCC(O)c2cccc(C(F)(F)F)c2)c1C. The van der Waals surface area contributed by atoms with Crippen LogP contribution in [0.3, 0.4) is 0 Å². The molecule has 3 aromatic rings. The van der Waals surface area contributed by atoms with Gasteiger partial charge in [0.1, 0.15) is 5.82 Å². The van der Waals surface area contributed by atoms with Crippen LogP contribution in [0.2, 0.25) is 0 Å². The fraction of sp³-hybridized carbons (Fsp3) is 0.250. The highest BCUT2D eigenvalue weighted by Gasteiger charge is 2.30. The van der Waals surface area contributed by atoms with Crippen LogP contribution in [0.5, 0.6) is 0 Å². The standard InChI is InChI=1S/C20H19F3N4O/c1-12-13(2)26-19(15-6-4-8-24-10-15)27-18(12)25-11-17(28)14-5-3-7-16(9-14)20(21,22)23/h3-10,17,28H,11H2,1-2H3,(H,25,26,27). The first-order chi connectivity index (χ1) is 13.3. The molecule has 2 aromatic heterocycles. The molecular weight excluding hydrogens is 369 g/mol. The van der Waals surface area contributed by atoms with E-state index in [1.165, 1.54) is 12.1 Å². The van der Waals surface area contributed by atoms with Gasteiger partial charge < -0.3 is 10.4 Å². The van der Waals surface area contributed by atoms with E-state index in [0.717, 1.165) is 29.0 Å². The number of halogens is 3. The normalized spacial score (nSPS) is 12.6. The van der Waals surface area contributed by atoms with Crippen LogP contribution < -0.4 is 5.32 Å². The number of aliphatic hydroxyl groups is 1. The van der Waals surface area contributed by atoms with E-state index in [0.29, 0.717) is 11.6 Å². The molecule has 146 valence electrons. The molecule has 28 heavy (non-hydrogen) atoms. The third-order valence-corrected chi connectivity index (χ3v) is 4.37. The second-order valence-electron chi connectivity index (χ2n) is 6.37. The summed E-state index contributed by atoms with van der Waals surface area (Å²) in [6.07, 6.45) is -2.29. The Morgan fingerprint density at radius 2 is 1.89 bits per heavy atom. The van der Waals surface area contributed by atoms with Crippen molar-refractivity contribution in [1.29, 1.82) is 0 Å². The quantitative estimate of drug-likeness (QED) is 0.681. The van der Waals surface area contributed by atoms with E-state index < -0.39 is 17.8 Å². The Morgan fingerprint density at radius 1 is 1.11 bits per heavy atom. The molecule has 0 bridgehead atoms. The number of aryl methyl sites for hydroxylation is 1. The molecule has 1 atom stereocenters. The first-order valence-electron chi connectivity index (χ1n) is 8.60. The Balaban J connectivity index is 1.80. The summed E-state index contributed by atoms with van der Waals surface area (Å²) in [5.41, 5.74) is 1.68. The number of hydrogen-bond donors (Lipinski definition) is 2. The highest BCUT2D eigenvalue weighted by Crippen LogP contribution is 2.31. The van der Waals surface area contributed by atoms with Crippen LogP contribution in [0.1, 0.15) is 28.5 Å². The molecule has 0 spiro atoms. The average molecular weight is 388 g/mol. The van der Waals surface area contributed by atoms with Crippen LogP contribution in [0.15, 0.2) is 48.8 Å². The van der Waals surface area contributed by atoms with E-state index in [9.17, 15) is 18.3 Å². The highest BCUT2D eigenvalue weighted by atomic mass is 19.4. The number of aromatic nitrogens is 3. The van der Waals surface area contributed by atoms with Crippen molar-refractivity contribution in [2.24, 2.45) is 0 Å². The van der Waals surface area contributed by atoms with Crippen molar-refractivity contribution in [2.45, 2.75) is 26.1 Å². The smallest absolute Gasteiger partial charge is 0.387 e. The number of anilines is 1. The Hall–Kier alpha value is -3.00. The first-order valence-corrected chi connectivity index (χ1v) is 8.60. The van der Waals surface area contributed by atoms with Gasteiger partial charge in [-0.1, -0.05) is 12.1 Å². The number of aliphatic hydroxyl groups excluding tert-OH is 1. The number of nitrogens with zero attached hydrogens (tertiary/aromatic N) is 3. The van der Waals surface area contributed by atoms with Crippen LogP contribution in [-0.2, 0) is 6.18 Å². The van der Waals surface area contributed by atoms with Crippen molar-refractivity contribution >= 4 is 5.82 Å². The first kappa shape index (κ1) is 19.8. The summed E-state index contributed by atoms with van der Waals surface area (Å²) in [6, 6.07) is 8.27. The molecule has 0 radical (unpaired) electrons. The molecular formula is C20H19F3N4O. The van der Waals surface area contributed by atoms with Gasteiger partial charge in [0.2, 0.25) is 0 Å². The number of rotatable bonds is 5. The molecule has 5 nitrogen and oxygen atoms in total. The van der Waals surface area contributed by atoms with Gasteiger partial charge in [-0.2, -0.15) is 13.2 Å². The average Bonchev–Trinajstić information content (AvgIpc) is 2.69. The molecule has 0 aliphatic carbocycles. The van der Waals surface area contributed by atoms with Crippen molar-refractivity contribution in [2.75, 3.05) is 11.9 Å². The summed E-state index contributed by atoms with van der Waals surface area (Å²) in [7, 11) is 0. The maximum Gasteiger partial charge on any atom is 0.416 e. The lowest BCUT2D eigenvalue weighted by atomic mass is 10.1. The largest absolute Gasteiger partial charge is 0.416 e. The summed E-state index contributed by atoms with van der Waals surface area (Å²) in [5, 5.41) is 13.4. The Kier molecular flexibility index (Phi) is 5.60. The zero-order chi connectivity index (χ0) is 20.3. The summed E-state index contributed by atoms with van der Waals surface area (Å²) >= 11 is 0. The van der Waals surface area contributed by atoms with Gasteiger partial charge >= 0.3 is 6.18 Å². The summed E-state index contributed by atoms with van der Waals surface area (Å²) in [4.78, 5) is 13.0. The molecule has 1 unspecified atom stereocenters. The van der Waals surface area contributed by atoms with Crippen LogP contribution in [0, 0.1) is 13.8 Å². The maximum atomic E-state index is 12.9. The van der Waals surface area contributed by atoms with Crippen LogP contribution >= 0.6 is 0 Å². The molecule has 0 aliphatic rings. The second kappa shape index (κ2) is 7.93. The molecule has 2 heterocycles. The monoisotopic (exact) mass is 388 g/mol. The zero-order valence-corrected chi connectivity index (χ0v) is 15.3. The predicted molar refractivity (Wildman–Crippen MR) is 99.6 cm³/mol. The van der Waals surface area contributed by atoms with Gasteiger partial charge in [0, 0.05) is 35.8 Å². The summed E-state index contributed by atoms with van der Waals surface area (Å²) < 4.78 is 38.6. The third kappa shape index (κ3) is 4.45. The van der Waals surface area contributed by atoms with Gasteiger partial charge in [-0.3, -0.25) is 4.98 Å². The number of pyridine rings is 1. The zero-order valence-electron chi connectivity index (χ0n) is 15.3. The molecule has 2 N–H and O–H groups in total. The lowest BCUT2D eigenvalue weighted by Gasteiger charge is -2.17. The van der Waals surface area contributed by atoms with Crippen molar-refractivity contribution in [3.63, 3.8) is 0 Å². The number of benzene rings is 1. The molecule has 0 saturated carbocycles. The molecule has 3 rings (SSSR count). The summed E-state index contributed by atoms with van der Waals surface area (Å²) in [5.74, 6) is 0.990. The van der Waals surface area contributed by atoms with Crippen molar-refractivity contribution < 1.29 is 18.3 Å². The van der Waals surface area contributed by atoms with Crippen LogP contribution in [0.4, 0.5) is 19.0 Å². The highest BCUT2D eigenvalue weighted by molar-refractivity contribution is 5.58. The molecule has 0 aliphatic heterocycles. The molecule has 0 fully saturated rings. The number of nitrogens with one attached hydrogen (secondary N) is 1. The minimum Gasteiger partial charge on any atom is -0.387 e. The van der Waals surface area contributed by atoms with Gasteiger partial charge in [-0.15, -0.1) is 0 Å². The Morgan fingerprint density at radius 3 is 2.57 bits per heavy atom. The number of hydrogen-bond acceptors (Lipinski definition) is 5. The fourth-order valence-corrected chi connectivity index (χ4v) is 2.66. The van der Waals surface area contributed by atoms with Gasteiger partial charge in [0.25, 0.3) is 0 Å². The van der Waals surface area contributed by atoms with Crippen molar-refractivity contribution in [3.05, 3.63) is 71.2 Å². The van der Waals surface area contributed by atoms with E-state index in [-0.39, 0.29) is 12.1 Å².